The minimum atomic E-state index is 0. The van der Waals surface area contributed by atoms with Gasteiger partial charge < -0.3 is 10.2 Å². The van der Waals surface area contributed by atoms with Gasteiger partial charge in [-0.3, -0.25) is 9.89 Å². The number of aliphatic imine (C=N–C) groups is 1. The highest BCUT2D eigenvalue weighted by Crippen LogP contribution is 2.08. The van der Waals surface area contributed by atoms with Crippen LogP contribution in [0.3, 0.4) is 0 Å². The van der Waals surface area contributed by atoms with Gasteiger partial charge in [0.1, 0.15) is 0 Å². The third-order valence-electron chi connectivity index (χ3n) is 3.56. The van der Waals surface area contributed by atoms with Crippen LogP contribution in [0.25, 0.3) is 0 Å². The van der Waals surface area contributed by atoms with Crippen LogP contribution in [0.2, 0.25) is 0 Å². The first-order valence-corrected chi connectivity index (χ1v) is 7.63. The molecule has 0 bridgehead atoms. The number of benzene rings is 1. The molecule has 0 unspecified atom stereocenters. The van der Waals surface area contributed by atoms with Gasteiger partial charge in [-0.05, 0) is 19.4 Å². The average Bonchev–Trinajstić information content (AvgIpc) is 2.49. The molecule has 1 aromatic rings. The minimum Gasteiger partial charge on any atom is -0.357 e. The van der Waals surface area contributed by atoms with Crippen molar-refractivity contribution < 1.29 is 0 Å². The average molecular weight is 402 g/mol. The normalized spacial score (nSPS) is 16.5. The van der Waals surface area contributed by atoms with Gasteiger partial charge >= 0.3 is 0 Å². The molecular weight excluding hydrogens is 375 g/mol. The highest BCUT2D eigenvalue weighted by molar-refractivity contribution is 14.0. The highest BCUT2D eigenvalue weighted by atomic mass is 127. The largest absolute Gasteiger partial charge is 0.357 e. The molecule has 0 aliphatic carbocycles. The monoisotopic (exact) mass is 402 g/mol. The van der Waals surface area contributed by atoms with E-state index >= 15 is 0 Å². The maximum absolute atomic E-state index is 4.56. The Morgan fingerprint density at radius 3 is 2.33 bits per heavy atom. The molecule has 2 rings (SSSR count). The van der Waals surface area contributed by atoms with Crippen LogP contribution in [0.5, 0.6) is 0 Å². The van der Waals surface area contributed by atoms with Crippen molar-refractivity contribution in [3.8, 4) is 0 Å². The van der Waals surface area contributed by atoms with E-state index in [9.17, 15) is 0 Å². The molecule has 0 radical (unpaired) electrons. The van der Waals surface area contributed by atoms with Crippen LogP contribution in [0.1, 0.15) is 19.4 Å². The molecule has 1 aromatic carbocycles. The Morgan fingerprint density at radius 2 is 1.76 bits per heavy atom. The van der Waals surface area contributed by atoms with E-state index in [0.717, 1.165) is 51.8 Å². The summed E-state index contributed by atoms with van der Waals surface area (Å²) in [7, 11) is 0. The molecule has 5 heteroatoms. The third kappa shape index (κ3) is 5.82. The maximum atomic E-state index is 4.56. The van der Waals surface area contributed by atoms with E-state index in [1.54, 1.807) is 0 Å². The molecule has 1 aliphatic heterocycles. The molecule has 1 heterocycles. The lowest BCUT2D eigenvalue weighted by molar-refractivity contribution is 0.172. The number of guanidine groups is 1. The Morgan fingerprint density at radius 1 is 1.10 bits per heavy atom. The van der Waals surface area contributed by atoms with Crippen LogP contribution >= 0.6 is 24.0 Å². The van der Waals surface area contributed by atoms with E-state index in [4.69, 9.17) is 0 Å². The maximum Gasteiger partial charge on any atom is 0.193 e. The summed E-state index contributed by atoms with van der Waals surface area (Å²) in [6.07, 6.45) is 0. The van der Waals surface area contributed by atoms with Crippen molar-refractivity contribution >= 4 is 29.9 Å². The fourth-order valence-electron chi connectivity index (χ4n) is 2.53. The second-order valence-corrected chi connectivity index (χ2v) is 5.08. The van der Waals surface area contributed by atoms with E-state index in [1.165, 1.54) is 5.56 Å². The summed E-state index contributed by atoms with van der Waals surface area (Å²) in [5, 5.41) is 3.38. The summed E-state index contributed by atoms with van der Waals surface area (Å²) in [4.78, 5) is 9.44. The summed E-state index contributed by atoms with van der Waals surface area (Å²) in [5.41, 5.74) is 1.40. The van der Waals surface area contributed by atoms with Crippen molar-refractivity contribution in [2.24, 2.45) is 4.99 Å². The van der Waals surface area contributed by atoms with Crippen molar-refractivity contribution in [1.29, 1.82) is 0 Å². The van der Waals surface area contributed by atoms with Crippen LogP contribution in [-0.2, 0) is 6.54 Å². The zero-order valence-electron chi connectivity index (χ0n) is 13.1. The number of hydrogen-bond acceptors (Lipinski definition) is 2. The summed E-state index contributed by atoms with van der Waals surface area (Å²) in [6, 6.07) is 10.7. The Kier molecular flexibility index (Phi) is 8.68. The molecule has 1 aliphatic rings. The van der Waals surface area contributed by atoms with Gasteiger partial charge in [-0.15, -0.1) is 24.0 Å². The third-order valence-corrected chi connectivity index (χ3v) is 3.56. The number of halogens is 1. The van der Waals surface area contributed by atoms with Gasteiger partial charge in [0.15, 0.2) is 5.96 Å². The van der Waals surface area contributed by atoms with Gasteiger partial charge in [-0.2, -0.15) is 0 Å². The number of nitrogens with one attached hydrogen (secondary N) is 1. The van der Waals surface area contributed by atoms with Gasteiger partial charge in [0.05, 0.1) is 0 Å². The smallest absolute Gasteiger partial charge is 0.193 e. The minimum absolute atomic E-state index is 0. The van der Waals surface area contributed by atoms with Crippen molar-refractivity contribution in [3.63, 3.8) is 0 Å². The Balaban J connectivity index is 0.00000220. The van der Waals surface area contributed by atoms with E-state index in [1.807, 2.05) is 0 Å². The molecule has 0 amide bonds. The molecule has 4 nitrogen and oxygen atoms in total. The lowest BCUT2D eigenvalue weighted by Crippen LogP contribution is -2.52. The second kappa shape index (κ2) is 10.00. The molecular formula is C16H27IN4. The quantitative estimate of drug-likeness (QED) is 0.477. The van der Waals surface area contributed by atoms with Crippen molar-refractivity contribution in [1.82, 2.24) is 15.1 Å². The van der Waals surface area contributed by atoms with E-state index in [0.29, 0.717) is 0 Å². The second-order valence-electron chi connectivity index (χ2n) is 5.08. The summed E-state index contributed by atoms with van der Waals surface area (Å²) in [5.74, 6) is 1.06. The Hall–Kier alpha value is -0.820. The first-order valence-electron chi connectivity index (χ1n) is 7.63. The first kappa shape index (κ1) is 18.2. The summed E-state index contributed by atoms with van der Waals surface area (Å²) < 4.78 is 0. The lowest BCUT2D eigenvalue weighted by Gasteiger charge is -2.36. The van der Waals surface area contributed by atoms with Crippen LogP contribution in [0, 0.1) is 0 Å². The number of nitrogens with zero attached hydrogens (tertiary/aromatic N) is 3. The van der Waals surface area contributed by atoms with Crippen LogP contribution in [0.4, 0.5) is 0 Å². The topological polar surface area (TPSA) is 30.9 Å². The molecule has 1 saturated heterocycles. The van der Waals surface area contributed by atoms with E-state index < -0.39 is 0 Å². The van der Waals surface area contributed by atoms with Crippen LogP contribution < -0.4 is 5.32 Å². The molecule has 1 N–H and O–H groups in total. The molecule has 0 aromatic heterocycles. The fourth-order valence-corrected chi connectivity index (χ4v) is 2.53. The zero-order valence-corrected chi connectivity index (χ0v) is 15.4. The first-order chi connectivity index (χ1) is 9.83. The summed E-state index contributed by atoms with van der Waals surface area (Å²) in [6.45, 7) is 11.3. The molecule has 0 spiro atoms. The van der Waals surface area contributed by atoms with Gasteiger partial charge in [0.25, 0.3) is 0 Å². The zero-order chi connectivity index (χ0) is 14.2. The molecule has 1 fully saturated rings. The van der Waals surface area contributed by atoms with Crippen molar-refractivity contribution in [2.75, 3.05) is 39.3 Å². The van der Waals surface area contributed by atoms with Crippen molar-refractivity contribution in [2.45, 2.75) is 20.4 Å². The molecule has 118 valence electrons. The van der Waals surface area contributed by atoms with Gasteiger partial charge in [-0.1, -0.05) is 30.3 Å². The molecule has 0 atom stereocenters. The fraction of sp³-hybridized carbons (Fsp3) is 0.562. The highest BCUT2D eigenvalue weighted by Gasteiger charge is 2.19. The molecule has 21 heavy (non-hydrogen) atoms. The summed E-state index contributed by atoms with van der Waals surface area (Å²) >= 11 is 0. The van der Waals surface area contributed by atoms with Gasteiger partial charge in [-0.25, -0.2) is 0 Å². The predicted octanol–water partition coefficient (Wildman–Crippen LogP) is 2.41. The lowest BCUT2D eigenvalue weighted by atomic mass is 10.2. The SMILES string of the molecule is CCN=C(NCC)N1CCN(Cc2ccccc2)CC1.I. The van der Waals surface area contributed by atoms with E-state index in [-0.39, 0.29) is 24.0 Å². The number of piperazine rings is 1. The van der Waals surface area contributed by atoms with Crippen LogP contribution in [0.15, 0.2) is 35.3 Å². The van der Waals surface area contributed by atoms with Crippen LogP contribution in [-0.4, -0.2) is 55.0 Å². The van der Waals surface area contributed by atoms with Crippen molar-refractivity contribution in [3.05, 3.63) is 35.9 Å². The van der Waals surface area contributed by atoms with E-state index in [2.05, 4.69) is 64.3 Å². The standard InChI is InChI=1S/C16H26N4.HI/c1-3-17-16(18-4-2)20-12-10-19(11-13-20)14-15-8-6-5-7-9-15;/h5-9H,3-4,10-14H2,1-2H3,(H,17,18);1H. The Bertz CT molecular complexity index is 414. The Labute approximate surface area is 145 Å². The van der Waals surface area contributed by atoms with Gasteiger partial charge in [0, 0.05) is 45.8 Å². The number of hydrogen-bond donors (Lipinski definition) is 1. The van der Waals surface area contributed by atoms with Gasteiger partial charge in [0.2, 0.25) is 0 Å². The number of rotatable bonds is 4. The predicted molar refractivity (Wildman–Crippen MR) is 100 cm³/mol. The molecule has 0 saturated carbocycles.